The number of hydrogen-bond acceptors (Lipinski definition) is 6. The molecule has 0 aromatic heterocycles. The van der Waals surface area contributed by atoms with Gasteiger partial charge in [-0.15, -0.1) is 0 Å². The predicted molar refractivity (Wildman–Crippen MR) is 86.8 cm³/mol. The standard InChI is InChI=1S/C16H29N3O4/c1-13(14(20)22-5)19(12-8-9-17)11-7-6-10-18-15(21)23-16(2,3)4/h13H,6-8,10-12H2,1-5H3,(H,18,21)/t13-/m0/s1. The monoisotopic (exact) mass is 327 g/mol. The van der Waals surface area contributed by atoms with Crippen molar-refractivity contribution in [2.45, 2.75) is 58.6 Å². The molecule has 0 aliphatic carbocycles. The number of amides is 1. The highest BCUT2D eigenvalue weighted by atomic mass is 16.6. The maximum Gasteiger partial charge on any atom is 0.407 e. The third-order valence-corrected chi connectivity index (χ3v) is 3.14. The smallest absolute Gasteiger partial charge is 0.407 e. The van der Waals surface area contributed by atoms with Gasteiger partial charge >= 0.3 is 12.1 Å². The number of hydrogen-bond donors (Lipinski definition) is 1. The van der Waals surface area contributed by atoms with Crippen LogP contribution in [0, 0.1) is 11.3 Å². The Morgan fingerprint density at radius 2 is 1.91 bits per heavy atom. The molecular weight excluding hydrogens is 298 g/mol. The predicted octanol–water partition coefficient (Wildman–Crippen LogP) is 2.07. The second-order valence-electron chi connectivity index (χ2n) is 6.28. The van der Waals surface area contributed by atoms with E-state index in [1.54, 1.807) is 6.92 Å². The van der Waals surface area contributed by atoms with E-state index in [2.05, 4.69) is 11.4 Å². The van der Waals surface area contributed by atoms with Gasteiger partial charge in [0.2, 0.25) is 0 Å². The molecule has 7 nitrogen and oxygen atoms in total. The largest absolute Gasteiger partial charge is 0.468 e. The van der Waals surface area contributed by atoms with Crippen LogP contribution in [-0.2, 0) is 14.3 Å². The molecule has 0 rings (SSSR count). The quantitative estimate of drug-likeness (QED) is 0.515. The van der Waals surface area contributed by atoms with E-state index in [0.717, 1.165) is 12.8 Å². The van der Waals surface area contributed by atoms with E-state index in [1.807, 2.05) is 25.7 Å². The molecule has 1 amide bonds. The first kappa shape index (κ1) is 21.2. The Morgan fingerprint density at radius 1 is 1.26 bits per heavy atom. The summed E-state index contributed by atoms with van der Waals surface area (Å²) in [5.41, 5.74) is -0.506. The fraction of sp³-hybridized carbons (Fsp3) is 0.812. The van der Waals surface area contributed by atoms with Crippen molar-refractivity contribution in [2.24, 2.45) is 0 Å². The molecule has 0 aromatic carbocycles. The summed E-state index contributed by atoms with van der Waals surface area (Å²) >= 11 is 0. The first-order valence-electron chi connectivity index (χ1n) is 7.87. The molecule has 0 aromatic rings. The number of carbonyl (C=O) groups is 2. The van der Waals surface area contributed by atoms with Crippen molar-refractivity contribution in [3.05, 3.63) is 0 Å². The molecule has 0 saturated heterocycles. The average molecular weight is 327 g/mol. The van der Waals surface area contributed by atoms with Gasteiger partial charge in [0.1, 0.15) is 11.6 Å². The summed E-state index contributed by atoms with van der Waals surface area (Å²) in [5.74, 6) is -0.310. The molecule has 0 heterocycles. The van der Waals surface area contributed by atoms with E-state index in [4.69, 9.17) is 14.7 Å². The number of rotatable bonds is 9. The second-order valence-corrected chi connectivity index (χ2v) is 6.28. The molecule has 0 fully saturated rings. The van der Waals surface area contributed by atoms with Crippen LogP contribution in [0.4, 0.5) is 4.79 Å². The number of esters is 1. The number of unbranched alkanes of at least 4 members (excludes halogenated alkanes) is 1. The number of ether oxygens (including phenoxy) is 2. The van der Waals surface area contributed by atoms with Crippen LogP contribution >= 0.6 is 0 Å². The highest BCUT2D eigenvalue weighted by Gasteiger charge is 2.21. The molecule has 23 heavy (non-hydrogen) atoms. The molecule has 132 valence electrons. The lowest BCUT2D eigenvalue weighted by Gasteiger charge is -2.26. The lowest BCUT2D eigenvalue weighted by Crippen LogP contribution is -2.41. The summed E-state index contributed by atoms with van der Waals surface area (Å²) in [6, 6.07) is 1.70. The van der Waals surface area contributed by atoms with E-state index in [0.29, 0.717) is 26.1 Å². The zero-order valence-corrected chi connectivity index (χ0v) is 14.8. The highest BCUT2D eigenvalue weighted by Crippen LogP contribution is 2.07. The lowest BCUT2D eigenvalue weighted by atomic mass is 10.2. The number of nitrogens with zero attached hydrogens (tertiary/aromatic N) is 2. The zero-order chi connectivity index (χ0) is 17.9. The number of nitriles is 1. The van der Waals surface area contributed by atoms with Gasteiger partial charge in [-0.25, -0.2) is 4.79 Å². The van der Waals surface area contributed by atoms with Gasteiger partial charge in [0.15, 0.2) is 0 Å². The number of carbonyl (C=O) groups excluding carboxylic acids is 2. The van der Waals surface area contributed by atoms with Gasteiger partial charge in [-0.2, -0.15) is 5.26 Å². The Hall–Kier alpha value is -1.81. The molecule has 0 spiro atoms. The third kappa shape index (κ3) is 10.5. The van der Waals surface area contributed by atoms with Crippen LogP contribution < -0.4 is 5.32 Å². The van der Waals surface area contributed by atoms with Crippen LogP contribution in [0.1, 0.15) is 47.0 Å². The maximum atomic E-state index is 11.6. The minimum Gasteiger partial charge on any atom is -0.468 e. The Kier molecular flexibility index (Phi) is 9.99. The molecule has 0 unspecified atom stereocenters. The van der Waals surface area contributed by atoms with Gasteiger partial charge in [-0.05, 0) is 47.1 Å². The lowest BCUT2D eigenvalue weighted by molar-refractivity contribution is -0.146. The van der Waals surface area contributed by atoms with E-state index in [1.165, 1.54) is 7.11 Å². The van der Waals surface area contributed by atoms with Crippen LogP contribution in [0.5, 0.6) is 0 Å². The normalized spacial score (nSPS) is 12.4. The summed E-state index contributed by atoms with van der Waals surface area (Å²) in [6.07, 6.45) is 1.48. The fourth-order valence-electron chi connectivity index (χ4n) is 1.96. The van der Waals surface area contributed by atoms with Crippen molar-refractivity contribution in [1.82, 2.24) is 10.2 Å². The molecule has 0 aliphatic rings. The van der Waals surface area contributed by atoms with Crippen LogP contribution in [-0.4, -0.2) is 55.3 Å². The minimum absolute atomic E-state index is 0.310. The molecule has 0 aliphatic heterocycles. The molecule has 7 heteroatoms. The van der Waals surface area contributed by atoms with Crippen LogP contribution in [0.15, 0.2) is 0 Å². The van der Waals surface area contributed by atoms with E-state index in [-0.39, 0.29) is 12.0 Å². The van der Waals surface area contributed by atoms with Gasteiger partial charge in [-0.3, -0.25) is 9.69 Å². The second kappa shape index (κ2) is 10.8. The molecule has 0 radical (unpaired) electrons. The summed E-state index contributed by atoms with van der Waals surface area (Å²) in [5, 5.41) is 11.4. The van der Waals surface area contributed by atoms with Crippen molar-refractivity contribution in [3.63, 3.8) is 0 Å². The molecular formula is C16H29N3O4. The first-order chi connectivity index (χ1) is 10.7. The summed E-state index contributed by atoms with van der Waals surface area (Å²) < 4.78 is 9.89. The van der Waals surface area contributed by atoms with Gasteiger partial charge in [0.25, 0.3) is 0 Å². The van der Waals surface area contributed by atoms with Gasteiger partial charge in [-0.1, -0.05) is 0 Å². The topological polar surface area (TPSA) is 91.7 Å². The highest BCUT2D eigenvalue weighted by molar-refractivity contribution is 5.75. The van der Waals surface area contributed by atoms with Gasteiger partial charge in [0, 0.05) is 19.5 Å². The summed E-state index contributed by atoms with van der Waals surface area (Å²) in [6.45, 7) is 8.89. The van der Waals surface area contributed by atoms with Crippen molar-refractivity contribution in [1.29, 1.82) is 5.26 Å². The van der Waals surface area contributed by atoms with Gasteiger partial charge in [0.05, 0.1) is 13.2 Å². The van der Waals surface area contributed by atoms with Gasteiger partial charge < -0.3 is 14.8 Å². The SMILES string of the molecule is COC(=O)[C@H](C)N(CCC#N)CCCCNC(=O)OC(C)(C)C. The Morgan fingerprint density at radius 3 is 2.43 bits per heavy atom. The van der Waals surface area contributed by atoms with E-state index < -0.39 is 11.7 Å². The van der Waals surface area contributed by atoms with Crippen molar-refractivity contribution < 1.29 is 19.1 Å². The third-order valence-electron chi connectivity index (χ3n) is 3.14. The van der Waals surface area contributed by atoms with E-state index >= 15 is 0 Å². The van der Waals surface area contributed by atoms with Crippen molar-refractivity contribution in [3.8, 4) is 6.07 Å². The van der Waals surface area contributed by atoms with Crippen LogP contribution in [0.25, 0.3) is 0 Å². The fourth-order valence-corrected chi connectivity index (χ4v) is 1.96. The first-order valence-corrected chi connectivity index (χ1v) is 7.87. The minimum atomic E-state index is -0.506. The molecule has 0 bridgehead atoms. The molecule has 1 atom stereocenters. The zero-order valence-electron chi connectivity index (χ0n) is 14.8. The molecule has 0 saturated carbocycles. The van der Waals surface area contributed by atoms with Crippen LogP contribution in [0.3, 0.4) is 0 Å². The number of alkyl carbamates (subject to hydrolysis) is 1. The Balaban J connectivity index is 4.10. The van der Waals surface area contributed by atoms with Crippen LogP contribution in [0.2, 0.25) is 0 Å². The van der Waals surface area contributed by atoms with Crippen molar-refractivity contribution >= 4 is 12.1 Å². The average Bonchev–Trinajstić information content (AvgIpc) is 2.46. The Labute approximate surface area is 138 Å². The Bertz CT molecular complexity index is 413. The summed E-state index contributed by atoms with van der Waals surface area (Å²) in [7, 11) is 1.35. The van der Waals surface area contributed by atoms with Crippen molar-refractivity contribution in [2.75, 3.05) is 26.7 Å². The number of methoxy groups -OCH3 is 1. The number of nitrogens with one attached hydrogen (secondary N) is 1. The maximum absolute atomic E-state index is 11.6. The summed E-state index contributed by atoms with van der Waals surface area (Å²) in [4.78, 5) is 25.0. The van der Waals surface area contributed by atoms with E-state index in [9.17, 15) is 9.59 Å². The molecule has 1 N–H and O–H groups in total.